The molecule has 30 heavy (non-hydrogen) atoms. The zero-order valence-electron chi connectivity index (χ0n) is 17.6. The third kappa shape index (κ3) is 4.43. The van der Waals surface area contributed by atoms with Gasteiger partial charge in [-0.15, -0.1) is 0 Å². The standard InChI is InChI=1S/C22H26N2O5S/c1-15-17(18-9-5-6-10-19(18)23-15)12-13-21(25)24(30(4,26)27)14-16-8-7-11-20(28-2)22(16)29-3/h5-11,23H,12-14H2,1-4H3. The van der Waals surface area contributed by atoms with Crippen LogP contribution in [0.4, 0.5) is 0 Å². The molecular formula is C22H26N2O5S. The van der Waals surface area contributed by atoms with Crippen molar-refractivity contribution in [3.63, 3.8) is 0 Å². The van der Waals surface area contributed by atoms with E-state index in [1.807, 2.05) is 31.2 Å². The SMILES string of the molecule is COc1cccc(CN(C(=O)CCc2c(C)[nH]c3ccccc23)S(C)(=O)=O)c1OC. The van der Waals surface area contributed by atoms with E-state index in [9.17, 15) is 13.2 Å². The molecule has 1 heterocycles. The summed E-state index contributed by atoms with van der Waals surface area (Å²) in [6.07, 6.45) is 1.55. The van der Waals surface area contributed by atoms with Crippen LogP contribution < -0.4 is 9.47 Å². The van der Waals surface area contributed by atoms with E-state index in [4.69, 9.17) is 9.47 Å². The maximum absolute atomic E-state index is 13.0. The molecule has 0 spiro atoms. The molecule has 0 aliphatic carbocycles. The number of H-pyrrole nitrogens is 1. The Balaban J connectivity index is 1.85. The van der Waals surface area contributed by atoms with Crippen LogP contribution in [0.5, 0.6) is 11.5 Å². The fourth-order valence-electron chi connectivity index (χ4n) is 3.64. The molecule has 0 saturated heterocycles. The molecule has 0 aliphatic heterocycles. The quantitative estimate of drug-likeness (QED) is 0.592. The maximum Gasteiger partial charge on any atom is 0.236 e. The summed E-state index contributed by atoms with van der Waals surface area (Å²) in [7, 11) is -0.786. The van der Waals surface area contributed by atoms with E-state index in [0.717, 1.165) is 32.7 Å². The van der Waals surface area contributed by atoms with Crippen molar-refractivity contribution in [1.82, 2.24) is 9.29 Å². The van der Waals surface area contributed by atoms with Crippen molar-refractivity contribution in [2.45, 2.75) is 26.3 Å². The molecule has 0 aliphatic rings. The van der Waals surface area contributed by atoms with Crippen molar-refractivity contribution in [2.24, 2.45) is 0 Å². The highest BCUT2D eigenvalue weighted by atomic mass is 32.2. The van der Waals surface area contributed by atoms with Crippen LogP contribution in [0.2, 0.25) is 0 Å². The van der Waals surface area contributed by atoms with Crippen LogP contribution >= 0.6 is 0 Å². The molecular weight excluding hydrogens is 404 g/mol. The Labute approximate surface area is 176 Å². The lowest BCUT2D eigenvalue weighted by molar-refractivity contribution is -0.126. The van der Waals surface area contributed by atoms with Crippen LogP contribution in [0.25, 0.3) is 10.9 Å². The van der Waals surface area contributed by atoms with Crippen molar-refractivity contribution in [3.8, 4) is 11.5 Å². The number of hydrogen-bond acceptors (Lipinski definition) is 5. The zero-order chi connectivity index (χ0) is 21.9. The molecule has 3 aromatic rings. The normalized spacial score (nSPS) is 11.5. The fourth-order valence-corrected chi connectivity index (χ4v) is 4.47. The number of nitrogens with zero attached hydrogens (tertiary/aromatic N) is 1. The van der Waals surface area contributed by atoms with Gasteiger partial charge >= 0.3 is 0 Å². The third-order valence-corrected chi connectivity index (χ3v) is 6.23. The largest absolute Gasteiger partial charge is 0.493 e. The number of para-hydroxylation sites is 2. The predicted octanol–water partition coefficient (Wildman–Crippen LogP) is 3.41. The van der Waals surface area contributed by atoms with Gasteiger partial charge in [0.25, 0.3) is 0 Å². The summed E-state index contributed by atoms with van der Waals surface area (Å²) in [5, 5.41) is 1.04. The zero-order valence-corrected chi connectivity index (χ0v) is 18.4. The number of methoxy groups -OCH3 is 2. The van der Waals surface area contributed by atoms with Gasteiger partial charge in [0.05, 0.1) is 27.0 Å². The number of aromatic nitrogens is 1. The van der Waals surface area contributed by atoms with Gasteiger partial charge in [-0.2, -0.15) is 0 Å². The Bertz CT molecular complexity index is 1170. The molecule has 0 saturated carbocycles. The highest BCUT2D eigenvalue weighted by Crippen LogP contribution is 2.32. The minimum atomic E-state index is -3.77. The van der Waals surface area contributed by atoms with Gasteiger partial charge in [-0.25, -0.2) is 12.7 Å². The number of aromatic amines is 1. The second-order valence-corrected chi connectivity index (χ2v) is 9.00. The summed E-state index contributed by atoms with van der Waals surface area (Å²) in [5.74, 6) is 0.422. The molecule has 0 bridgehead atoms. The Morgan fingerprint density at radius 3 is 2.47 bits per heavy atom. The highest BCUT2D eigenvalue weighted by molar-refractivity contribution is 7.88. The highest BCUT2D eigenvalue weighted by Gasteiger charge is 2.26. The van der Waals surface area contributed by atoms with Crippen LogP contribution in [0.3, 0.4) is 0 Å². The van der Waals surface area contributed by atoms with Gasteiger partial charge in [0.2, 0.25) is 15.9 Å². The number of aryl methyl sites for hydroxylation is 2. The summed E-state index contributed by atoms with van der Waals surface area (Å²) >= 11 is 0. The monoisotopic (exact) mass is 430 g/mol. The second-order valence-electron chi connectivity index (χ2n) is 7.09. The number of carbonyl (C=O) groups excluding carboxylic acids is 1. The van der Waals surface area contributed by atoms with Gasteiger partial charge in [-0.1, -0.05) is 30.3 Å². The van der Waals surface area contributed by atoms with Gasteiger partial charge in [-0.3, -0.25) is 4.79 Å². The van der Waals surface area contributed by atoms with Gasteiger partial charge in [-0.05, 0) is 31.0 Å². The Hall–Kier alpha value is -3.00. The topological polar surface area (TPSA) is 88.7 Å². The first-order valence-corrected chi connectivity index (χ1v) is 11.4. The van der Waals surface area contributed by atoms with E-state index in [1.54, 1.807) is 18.2 Å². The molecule has 0 fully saturated rings. The van der Waals surface area contributed by atoms with E-state index in [2.05, 4.69) is 4.98 Å². The van der Waals surface area contributed by atoms with Crippen LogP contribution in [-0.4, -0.2) is 44.1 Å². The van der Waals surface area contributed by atoms with E-state index in [-0.39, 0.29) is 13.0 Å². The van der Waals surface area contributed by atoms with Crippen molar-refractivity contribution in [2.75, 3.05) is 20.5 Å². The number of sulfonamides is 1. The van der Waals surface area contributed by atoms with E-state index < -0.39 is 15.9 Å². The van der Waals surface area contributed by atoms with Crippen LogP contribution in [0, 0.1) is 6.92 Å². The lowest BCUT2D eigenvalue weighted by Crippen LogP contribution is -2.35. The first kappa shape index (κ1) is 21.7. The molecule has 0 atom stereocenters. The summed E-state index contributed by atoms with van der Waals surface area (Å²) in [6, 6.07) is 13.0. The lowest BCUT2D eigenvalue weighted by Gasteiger charge is -2.22. The fraction of sp³-hybridized carbons (Fsp3) is 0.318. The van der Waals surface area contributed by atoms with Crippen molar-refractivity contribution < 1.29 is 22.7 Å². The molecule has 7 nitrogen and oxygen atoms in total. The Kier molecular flexibility index (Phi) is 6.36. The molecule has 1 aromatic heterocycles. The van der Waals surface area contributed by atoms with E-state index in [0.29, 0.717) is 23.5 Å². The molecule has 0 radical (unpaired) electrons. The maximum atomic E-state index is 13.0. The van der Waals surface area contributed by atoms with Crippen molar-refractivity contribution in [3.05, 3.63) is 59.3 Å². The van der Waals surface area contributed by atoms with Crippen LogP contribution in [0.1, 0.15) is 23.2 Å². The molecule has 8 heteroatoms. The molecule has 160 valence electrons. The number of amides is 1. The number of fused-ring (bicyclic) bond motifs is 1. The number of carbonyl (C=O) groups is 1. The average molecular weight is 431 g/mol. The first-order valence-electron chi connectivity index (χ1n) is 9.52. The van der Waals surface area contributed by atoms with Crippen LogP contribution in [-0.2, 0) is 27.8 Å². The predicted molar refractivity (Wildman–Crippen MR) is 116 cm³/mol. The Morgan fingerprint density at radius 2 is 1.80 bits per heavy atom. The summed E-state index contributed by atoms with van der Waals surface area (Å²) < 4.78 is 36.4. The summed E-state index contributed by atoms with van der Waals surface area (Å²) in [4.78, 5) is 16.3. The smallest absolute Gasteiger partial charge is 0.236 e. The van der Waals surface area contributed by atoms with E-state index >= 15 is 0 Å². The average Bonchev–Trinajstić information content (AvgIpc) is 3.03. The van der Waals surface area contributed by atoms with Gasteiger partial charge in [0.1, 0.15) is 0 Å². The van der Waals surface area contributed by atoms with Crippen molar-refractivity contribution in [1.29, 1.82) is 0 Å². The molecule has 1 N–H and O–H groups in total. The van der Waals surface area contributed by atoms with Gasteiger partial charge in [0, 0.05) is 28.6 Å². The summed E-state index contributed by atoms with van der Waals surface area (Å²) in [6.45, 7) is 1.83. The van der Waals surface area contributed by atoms with Gasteiger partial charge < -0.3 is 14.5 Å². The number of hydrogen-bond donors (Lipinski definition) is 1. The first-order chi connectivity index (χ1) is 14.3. The molecule has 1 amide bonds. The number of ether oxygens (including phenoxy) is 2. The Morgan fingerprint density at radius 1 is 1.07 bits per heavy atom. The minimum Gasteiger partial charge on any atom is -0.493 e. The molecule has 2 aromatic carbocycles. The number of benzene rings is 2. The number of nitrogens with one attached hydrogen (secondary N) is 1. The molecule has 0 unspecified atom stereocenters. The third-order valence-electron chi connectivity index (χ3n) is 5.09. The van der Waals surface area contributed by atoms with Crippen LogP contribution in [0.15, 0.2) is 42.5 Å². The second kappa shape index (κ2) is 8.79. The van der Waals surface area contributed by atoms with Gasteiger partial charge in [0.15, 0.2) is 11.5 Å². The van der Waals surface area contributed by atoms with Crippen molar-refractivity contribution >= 4 is 26.8 Å². The lowest BCUT2D eigenvalue weighted by atomic mass is 10.1. The van der Waals surface area contributed by atoms with E-state index in [1.165, 1.54) is 14.2 Å². The minimum absolute atomic E-state index is 0.0715. The molecule has 3 rings (SSSR count). The summed E-state index contributed by atoms with van der Waals surface area (Å²) in [5.41, 5.74) is 3.55. The number of rotatable bonds is 8.